The van der Waals surface area contributed by atoms with Gasteiger partial charge in [0.25, 0.3) is 0 Å². The van der Waals surface area contributed by atoms with Crippen LogP contribution in [0.3, 0.4) is 0 Å². The van der Waals surface area contributed by atoms with Crippen LogP contribution < -0.4 is 5.49 Å². The predicted molar refractivity (Wildman–Crippen MR) is 38.8 cm³/mol. The third kappa shape index (κ3) is 2.00. The average molecular weight is 154 g/mol. The zero-order valence-corrected chi connectivity index (χ0v) is 6.27. The van der Waals surface area contributed by atoms with Crippen molar-refractivity contribution in [2.24, 2.45) is 5.16 Å². The van der Waals surface area contributed by atoms with Crippen LogP contribution in [0, 0.1) is 0 Å². The fraction of sp³-hybridized carbons (Fsp3) is 0.286. The first-order valence-corrected chi connectivity index (χ1v) is 3.37. The lowest BCUT2D eigenvalue weighted by Crippen LogP contribution is -2.17. The summed E-state index contributed by atoms with van der Waals surface area (Å²) >= 11 is 0. The number of hydrogen-bond donors (Lipinski definition) is 1. The van der Waals surface area contributed by atoms with E-state index >= 15 is 0 Å². The van der Waals surface area contributed by atoms with Gasteiger partial charge in [-0.1, -0.05) is 11.2 Å². The Morgan fingerprint density at radius 3 is 3.09 bits per heavy atom. The summed E-state index contributed by atoms with van der Waals surface area (Å²) < 4.78 is 0.898. The highest BCUT2D eigenvalue weighted by molar-refractivity contribution is 4.89. The molecule has 0 saturated carbocycles. The molecular formula is C7H10N2O2. The van der Waals surface area contributed by atoms with Gasteiger partial charge in [-0.2, -0.15) is 4.73 Å². The van der Waals surface area contributed by atoms with E-state index in [2.05, 4.69) is 5.16 Å². The summed E-state index contributed by atoms with van der Waals surface area (Å²) in [5, 5.41) is 12.7. The van der Waals surface area contributed by atoms with Crippen LogP contribution >= 0.6 is 0 Å². The Morgan fingerprint density at radius 2 is 2.45 bits per heavy atom. The number of hydrogen-bond acceptors (Lipinski definition) is 3. The molecule has 1 N–H and O–H groups in total. The molecule has 4 heteroatoms. The molecule has 0 unspecified atom stereocenters. The van der Waals surface area contributed by atoms with Crippen molar-refractivity contribution in [1.29, 1.82) is 0 Å². The molecule has 0 amide bonds. The van der Waals surface area contributed by atoms with Crippen molar-refractivity contribution in [2.45, 2.75) is 6.92 Å². The predicted octanol–water partition coefficient (Wildman–Crippen LogP) is 0.578. The molecule has 60 valence electrons. The molecule has 1 rings (SSSR count). The molecule has 1 aromatic rings. The third-order valence-electron chi connectivity index (χ3n) is 1.11. The number of pyridine rings is 1. The average Bonchev–Trinajstić information content (AvgIpc) is 2.03. The van der Waals surface area contributed by atoms with Crippen molar-refractivity contribution < 1.29 is 10.0 Å². The molecule has 0 aliphatic carbocycles. The number of aromatic nitrogens is 1. The smallest absolute Gasteiger partial charge is 0.206 e. The molecule has 0 bridgehead atoms. The summed E-state index contributed by atoms with van der Waals surface area (Å²) in [6.45, 7) is 2.32. The molecule has 0 saturated heterocycles. The normalized spacial score (nSPS) is 11.5. The first-order chi connectivity index (χ1) is 5.34. The summed E-state index contributed by atoms with van der Waals surface area (Å²) in [4.78, 5) is 4.74. The Hall–Kier alpha value is -1.45. The Morgan fingerprint density at radius 1 is 1.64 bits per heavy atom. The minimum absolute atomic E-state index is 0.384. The van der Waals surface area contributed by atoms with Crippen LogP contribution in [0.2, 0.25) is 0 Å². The Balaban J connectivity index is 2.93. The lowest BCUT2D eigenvalue weighted by molar-refractivity contribution is 0.117. The number of rotatable bonds is 2. The van der Waals surface area contributed by atoms with Crippen LogP contribution in [0.4, 0.5) is 0 Å². The fourth-order valence-corrected chi connectivity index (χ4v) is 0.629. The largest absolute Gasteiger partial charge is 0.427 e. The van der Waals surface area contributed by atoms with Crippen molar-refractivity contribution >= 4 is 0 Å². The van der Waals surface area contributed by atoms with Gasteiger partial charge in [0.15, 0.2) is 0 Å². The van der Waals surface area contributed by atoms with E-state index in [9.17, 15) is 0 Å². The second kappa shape index (κ2) is 3.65. The van der Waals surface area contributed by atoms with Crippen molar-refractivity contribution in [1.82, 2.24) is 4.73 Å². The first kappa shape index (κ1) is 7.65. The molecule has 0 atom stereocenters. The minimum Gasteiger partial charge on any atom is -0.427 e. The van der Waals surface area contributed by atoms with E-state index in [4.69, 9.17) is 10.0 Å². The van der Waals surface area contributed by atoms with Gasteiger partial charge in [0, 0.05) is 6.20 Å². The highest BCUT2D eigenvalue weighted by Crippen LogP contribution is 1.77. The fourth-order valence-electron chi connectivity index (χ4n) is 0.629. The van der Waals surface area contributed by atoms with Gasteiger partial charge in [-0.3, -0.25) is 0 Å². The van der Waals surface area contributed by atoms with Crippen molar-refractivity contribution in [3.8, 4) is 0 Å². The third-order valence-corrected chi connectivity index (χ3v) is 1.11. The van der Waals surface area contributed by atoms with Crippen molar-refractivity contribution in [2.75, 3.05) is 6.61 Å². The summed E-state index contributed by atoms with van der Waals surface area (Å²) in [7, 11) is 0. The summed E-state index contributed by atoms with van der Waals surface area (Å²) in [6, 6.07) is 5.12. The lowest BCUT2D eigenvalue weighted by atomic mass is 10.5. The standard InChI is InChI=1S/C7H10N2O2/c1-2-11-8-7-5-3-4-6-9(7)10/h3-6,10H,2H2,1H3. The highest BCUT2D eigenvalue weighted by Gasteiger charge is 1.84. The molecule has 0 aromatic carbocycles. The monoisotopic (exact) mass is 154 g/mol. The van der Waals surface area contributed by atoms with Gasteiger partial charge >= 0.3 is 0 Å². The molecule has 1 heterocycles. The van der Waals surface area contributed by atoms with E-state index in [-0.39, 0.29) is 0 Å². The summed E-state index contributed by atoms with van der Waals surface area (Å²) in [5.74, 6) is 0. The molecule has 0 aliphatic heterocycles. The van der Waals surface area contributed by atoms with Crippen LogP contribution in [-0.2, 0) is 4.84 Å². The maximum atomic E-state index is 9.08. The van der Waals surface area contributed by atoms with Gasteiger partial charge in [-0.15, -0.1) is 0 Å². The van der Waals surface area contributed by atoms with Gasteiger partial charge in [-0.25, -0.2) is 0 Å². The second-order valence-electron chi connectivity index (χ2n) is 1.91. The van der Waals surface area contributed by atoms with Crippen LogP contribution in [-0.4, -0.2) is 16.5 Å². The van der Waals surface area contributed by atoms with Gasteiger partial charge in [0.1, 0.15) is 6.61 Å². The van der Waals surface area contributed by atoms with Crippen molar-refractivity contribution in [3.05, 3.63) is 29.9 Å². The molecule has 0 spiro atoms. The van der Waals surface area contributed by atoms with Crippen LogP contribution in [0.15, 0.2) is 29.6 Å². The molecular weight excluding hydrogens is 144 g/mol. The van der Waals surface area contributed by atoms with E-state index in [1.807, 2.05) is 6.92 Å². The van der Waals surface area contributed by atoms with Gasteiger partial charge in [0.05, 0.1) is 0 Å². The topological polar surface area (TPSA) is 46.8 Å². The van der Waals surface area contributed by atoms with Crippen LogP contribution in [0.1, 0.15) is 6.92 Å². The van der Waals surface area contributed by atoms with Crippen molar-refractivity contribution in [3.63, 3.8) is 0 Å². The molecule has 0 aliphatic rings. The first-order valence-electron chi connectivity index (χ1n) is 3.37. The highest BCUT2D eigenvalue weighted by atomic mass is 16.6. The maximum Gasteiger partial charge on any atom is 0.206 e. The number of nitrogens with zero attached hydrogens (tertiary/aromatic N) is 2. The Labute approximate surface area is 64.3 Å². The molecule has 0 radical (unpaired) electrons. The van der Waals surface area contributed by atoms with Gasteiger partial charge < -0.3 is 10.0 Å². The quantitative estimate of drug-likeness (QED) is 0.500. The zero-order valence-electron chi connectivity index (χ0n) is 6.27. The van der Waals surface area contributed by atoms with E-state index < -0.39 is 0 Å². The molecule has 0 fully saturated rings. The van der Waals surface area contributed by atoms with E-state index in [1.165, 1.54) is 6.20 Å². The molecule has 1 aromatic heterocycles. The SMILES string of the molecule is CCON=c1ccccn1O. The van der Waals surface area contributed by atoms with Crippen LogP contribution in [0.25, 0.3) is 0 Å². The van der Waals surface area contributed by atoms with E-state index in [1.54, 1.807) is 18.2 Å². The van der Waals surface area contributed by atoms with E-state index in [0.717, 1.165) is 4.73 Å². The van der Waals surface area contributed by atoms with Gasteiger partial charge in [-0.05, 0) is 19.1 Å². The van der Waals surface area contributed by atoms with Gasteiger partial charge in [0.2, 0.25) is 5.49 Å². The summed E-state index contributed by atoms with van der Waals surface area (Å²) in [6.07, 6.45) is 1.48. The van der Waals surface area contributed by atoms with Crippen LogP contribution in [0.5, 0.6) is 0 Å². The molecule has 4 nitrogen and oxygen atoms in total. The zero-order chi connectivity index (χ0) is 8.10. The minimum atomic E-state index is 0.384. The molecule has 11 heavy (non-hydrogen) atoms. The van der Waals surface area contributed by atoms with E-state index in [0.29, 0.717) is 12.1 Å². The summed E-state index contributed by atoms with van der Waals surface area (Å²) in [5.41, 5.74) is 0.384. The lowest BCUT2D eigenvalue weighted by Gasteiger charge is -1.95. The second-order valence-corrected chi connectivity index (χ2v) is 1.91. The maximum absolute atomic E-state index is 9.08. The Kier molecular flexibility index (Phi) is 2.54. The Bertz CT molecular complexity index is 280.